The van der Waals surface area contributed by atoms with Crippen molar-refractivity contribution in [3.63, 3.8) is 0 Å². The molecular weight excluding hydrogens is 356 g/mol. The van der Waals surface area contributed by atoms with Gasteiger partial charge in [-0.1, -0.05) is 6.07 Å². The monoisotopic (exact) mass is 378 g/mol. The van der Waals surface area contributed by atoms with E-state index in [1.807, 2.05) is 6.07 Å². The van der Waals surface area contributed by atoms with Gasteiger partial charge in [0.25, 0.3) is 10.2 Å². The molecule has 2 rings (SSSR count). The summed E-state index contributed by atoms with van der Waals surface area (Å²) < 4.78 is 32.8. The van der Waals surface area contributed by atoms with Crippen LogP contribution < -0.4 is 5.32 Å². The summed E-state index contributed by atoms with van der Waals surface area (Å²) in [5.74, 6) is -0.434. The summed E-state index contributed by atoms with van der Waals surface area (Å²) in [6.07, 6.45) is 3.35. The minimum Gasteiger partial charge on any atom is -0.469 e. The Morgan fingerprint density at radius 3 is 2.92 bits per heavy atom. The van der Waals surface area contributed by atoms with Crippen molar-refractivity contribution in [1.29, 1.82) is 0 Å². The van der Waals surface area contributed by atoms with Crippen molar-refractivity contribution in [3.8, 4) is 0 Å². The second-order valence-corrected chi connectivity index (χ2v) is 7.26. The Balaban J connectivity index is 0.00000288. The first kappa shape index (κ1) is 20.8. The highest BCUT2D eigenvalue weighted by Crippen LogP contribution is 2.25. The van der Waals surface area contributed by atoms with E-state index in [1.54, 1.807) is 18.5 Å². The molecule has 0 saturated carbocycles. The third-order valence-corrected chi connectivity index (χ3v) is 5.81. The average Bonchev–Trinajstić information content (AvgIpc) is 2.60. The van der Waals surface area contributed by atoms with E-state index in [-0.39, 0.29) is 31.4 Å². The number of halogens is 1. The lowest BCUT2D eigenvalue weighted by Gasteiger charge is -2.37. The molecule has 8 nitrogen and oxygen atoms in total. The fourth-order valence-corrected chi connectivity index (χ4v) is 3.98. The topological polar surface area (TPSA) is 91.8 Å². The molecule has 0 amide bonds. The highest BCUT2D eigenvalue weighted by Gasteiger charge is 2.36. The van der Waals surface area contributed by atoms with Gasteiger partial charge in [0.2, 0.25) is 0 Å². The minimum absolute atomic E-state index is 0. The number of esters is 1. The third kappa shape index (κ3) is 4.87. The van der Waals surface area contributed by atoms with E-state index < -0.39 is 16.2 Å². The standard InChI is InChI=1S/C14H22N4O4S.ClH/c1-17(8-5-14(19)22-2)23(20,21)18-9-7-16-11-13(18)12-4-3-6-15-10-12;/h3-4,6,10,13,16H,5,7-9,11H2,1-2H3;1H. The van der Waals surface area contributed by atoms with Crippen molar-refractivity contribution in [3.05, 3.63) is 30.1 Å². The first-order valence-corrected chi connectivity index (χ1v) is 8.77. The number of piperazine rings is 1. The molecule has 1 unspecified atom stereocenters. The first-order valence-electron chi connectivity index (χ1n) is 7.37. The Labute approximate surface area is 148 Å². The number of nitrogens with one attached hydrogen (secondary N) is 1. The quantitative estimate of drug-likeness (QED) is 0.710. The Morgan fingerprint density at radius 1 is 1.54 bits per heavy atom. The van der Waals surface area contributed by atoms with E-state index in [1.165, 1.54) is 22.8 Å². The van der Waals surface area contributed by atoms with Gasteiger partial charge in [-0.2, -0.15) is 17.0 Å². The Kier molecular flexibility index (Phi) is 8.04. The van der Waals surface area contributed by atoms with Crippen molar-refractivity contribution in [1.82, 2.24) is 18.9 Å². The molecule has 136 valence electrons. The maximum Gasteiger partial charge on any atom is 0.306 e. The van der Waals surface area contributed by atoms with Crippen LogP contribution in [0.1, 0.15) is 18.0 Å². The molecular formula is C14H23ClN4O4S. The summed E-state index contributed by atoms with van der Waals surface area (Å²) in [6, 6.07) is 3.33. The zero-order valence-electron chi connectivity index (χ0n) is 13.7. The van der Waals surface area contributed by atoms with Crippen LogP contribution in [-0.2, 0) is 19.7 Å². The van der Waals surface area contributed by atoms with E-state index in [9.17, 15) is 13.2 Å². The maximum absolute atomic E-state index is 12.8. The molecule has 0 bridgehead atoms. The second-order valence-electron chi connectivity index (χ2n) is 5.27. The molecule has 1 atom stereocenters. The number of ether oxygens (including phenoxy) is 1. The molecule has 0 spiro atoms. The molecule has 24 heavy (non-hydrogen) atoms. The van der Waals surface area contributed by atoms with E-state index in [4.69, 9.17) is 0 Å². The summed E-state index contributed by atoms with van der Waals surface area (Å²) in [5, 5.41) is 3.21. The Bertz CT molecular complexity index is 629. The molecule has 1 aromatic heterocycles. The van der Waals surface area contributed by atoms with Crippen LogP contribution in [0.15, 0.2) is 24.5 Å². The number of methoxy groups -OCH3 is 1. The largest absolute Gasteiger partial charge is 0.469 e. The molecule has 1 fully saturated rings. The van der Waals surface area contributed by atoms with Gasteiger partial charge < -0.3 is 10.1 Å². The number of rotatable bonds is 6. The van der Waals surface area contributed by atoms with Gasteiger partial charge in [0.05, 0.1) is 19.6 Å². The summed E-state index contributed by atoms with van der Waals surface area (Å²) in [7, 11) is -0.916. The molecule has 1 aliphatic heterocycles. The van der Waals surface area contributed by atoms with Crippen molar-refractivity contribution in [2.45, 2.75) is 12.5 Å². The SMILES string of the molecule is COC(=O)CCN(C)S(=O)(=O)N1CCNCC1c1cccnc1.Cl. The molecule has 1 saturated heterocycles. The number of carbonyl (C=O) groups is 1. The van der Waals surface area contributed by atoms with Crippen LogP contribution in [0.25, 0.3) is 0 Å². The zero-order valence-corrected chi connectivity index (χ0v) is 15.3. The van der Waals surface area contributed by atoms with Crippen molar-refractivity contribution >= 4 is 28.6 Å². The summed E-state index contributed by atoms with van der Waals surface area (Å²) in [6.45, 7) is 1.56. The Morgan fingerprint density at radius 2 is 2.29 bits per heavy atom. The number of pyridine rings is 1. The predicted molar refractivity (Wildman–Crippen MR) is 92.0 cm³/mol. The van der Waals surface area contributed by atoms with Crippen LogP contribution in [0, 0.1) is 0 Å². The number of aromatic nitrogens is 1. The van der Waals surface area contributed by atoms with Gasteiger partial charge >= 0.3 is 5.97 Å². The van der Waals surface area contributed by atoms with Crippen molar-refractivity contribution in [2.24, 2.45) is 0 Å². The highest BCUT2D eigenvalue weighted by molar-refractivity contribution is 7.86. The van der Waals surface area contributed by atoms with Gasteiger partial charge in [-0.05, 0) is 11.6 Å². The van der Waals surface area contributed by atoms with Crippen LogP contribution in [0.4, 0.5) is 0 Å². The lowest BCUT2D eigenvalue weighted by Crippen LogP contribution is -2.52. The maximum atomic E-state index is 12.8. The van der Waals surface area contributed by atoms with Crippen LogP contribution in [0.2, 0.25) is 0 Å². The van der Waals surface area contributed by atoms with E-state index >= 15 is 0 Å². The van der Waals surface area contributed by atoms with Crippen LogP contribution in [0.5, 0.6) is 0 Å². The van der Waals surface area contributed by atoms with Gasteiger partial charge in [-0.15, -0.1) is 12.4 Å². The second kappa shape index (κ2) is 9.28. The van der Waals surface area contributed by atoms with Crippen LogP contribution >= 0.6 is 12.4 Å². The third-order valence-electron chi connectivity index (χ3n) is 3.81. The van der Waals surface area contributed by atoms with Crippen molar-refractivity contribution < 1.29 is 17.9 Å². The van der Waals surface area contributed by atoms with Gasteiger partial charge in [-0.25, -0.2) is 0 Å². The molecule has 2 heterocycles. The molecule has 0 radical (unpaired) electrons. The summed E-state index contributed by atoms with van der Waals surface area (Å²) in [5.41, 5.74) is 0.838. The minimum atomic E-state index is -3.67. The fraction of sp³-hybridized carbons (Fsp3) is 0.571. The Hall–Kier alpha value is -1.26. The predicted octanol–water partition coefficient (Wildman–Crippen LogP) is 0.189. The van der Waals surface area contributed by atoms with E-state index in [0.29, 0.717) is 19.6 Å². The molecule has 10 heteroatoms. The molecule has 0 aliphatic carbocycles. The van der Waals surface area contributed by atoms with Crippen LogP contribution in [-0.4, -0.2) is 68.3 Å². The van der Waals surface area contributed by atoms with Crippen molar-refractivity contribution in [2.75, 3.05) is 40.3 Å². The van der Waals surface area contributed by atoms with Crippen LogP contribution in [0.3, 0.4) is 0 Å². The molecule has 1 N–H and O–H groups in total. The summed E-state index contributed by atoms with van der Waals surface area (Å²) in [4.78, 5) is 15.3. The highest BCUT2D eigenvalue weighted by atomic mass is 35.5. The fourth-order valence-electron chi connectivity index (χ4n) is 2.46. The number of nitrogens with zero attached hydrogens (tertiary/aromatic N) is 3. The molecule has 1 aromatic rings. The van der Waals surface area contributed by atoms with Gasteiger partial charge in [0.1, 0.15) is 0 Å². The molecule has 1 aliphatic rings. The first-order chi connectivity index (χ1) is 11.0. The lowest BCUT2D eigenvalue weighted by molar-refractivity contribution is -0.140. The zero-order chi connectivity index (χ0) is 16.9. The van der Waals surface area contributed by atoms with Gasteiger partial charge in [0.15, 0.2) is 0 Å². The van der Waals surface area contributed by atoms with Gasteiger partial charge in [-0.3, -0.25) is 9.78 Å². The lowest BCUT2D eigenvalue weighted by atomic mass is 10.1. The normalized spacial score (nSPS) is 18.9. The number of carbonyl (C=O) groups excluding carboxylic acids is 1. The molecule has 0 aromatic carbocycles. The average molecular weight is 379 g/mol. The van der Waals surface area contributed by atoms with Gasteiger partial charge in [0, 0.05) is 45.6 Å². The van der Waals surface area contributed by atoms with E-state index in [2.05, 4.69) is 15.0 Å². The smallest absolute Gasteiger partial charge is 0.306 e. The number of hydrogen-bond donors (Lipinski definition) is 1. The van der Waals surface area contributed by atoms with E-state index in [0.717, 1.165) is 5.56 Å². The number of hydrogen-bond acceptors (Lipinski definition) is 6. The summed E-state index contributed by atoms with van der Waals surface area (Å²) >= 11 is 0.